The highest BCUT2D eigenvalue weighted by molar-refractivity contribution is 6.34. The molecule has 0 fully saturated rings. The van der Waals surface area contributed by atoms with Gasteiger partial charge in [-0.2, -0.15) is 0 Å². The maximum Gasteiger partial charge on any atom is 0.328 e. The molecule has 1 heterocycles. The van der Waals surface area contributed by atoms with E-state index in [0.29, 0.717) is 0 Å². The number of fused-ring (bicyclic) bond motifs is 1. The van der Waals surface area contributed by atoms with Crippen molar-refractivity contribution in [2.75, 3.05) is 4.90 Å². The summed E-state index contributed by atoms with van der Waals surface area (Å²) in [7, 11) is 0. The maximum atomic E-state index is 14.6. The fraction of sp³-hybridized carbons (Fsp3) is 0. The smallest absolute Gasteiger partial charge is 0.328 e. The molecule has 1 aliphatic rings. The van der Waals surface area contributed by atoms with E-state index in [1.165, 1.54) is 30.3 Å². The fourth-order valence-corrected chi connectivity index (χ4v) is 2.41. The number of anilines is 1. The molecule has 2 aromatic rings. The molecular formula is C17H10FNO4. The number of benzene rings is 2. The average molecular weight is 311 g/mol. The van der Waals surface area contributed by atoms with Gasteiger partial charge < -0.3 is 5.11 Å². The predicted octanol–water partition coefficient (Wildman–Crippen LogP) is 2.72. The van der Waals surface area contributed by atoms with Crippen molar-refractivity contribution in [3.63, 3.8) is 0 Å². The number of hydrogen-bond donors (Lipinski definition) is 1. The van der Waals surface area contributed by atoms with Gasteiger partial charge in [0.2, 0.25) is 0 Å². The number of carbonyl (C=O) groups is 3. The molecule has 0 saturated carbocycles. The van der Waals surface area contributed by atoms with Crippen LogP contribution >= 0.6 is 0 Å². The van der Waals surface area contributed by atoms with Crippen molar-refractivity contribution in [3.8, 4) is 0 Å². The third-order valence-corrected chi connectivity index (χ3v) is 3.45. The lowest BCUT2D eigenvalue weighted by Crippen LogP contribution is -2.30. The molecule has 1 N–H and O–H groups in total. The molecule has 0 bridgehead atoms. The second-order valence-corrected chi connectivity index (χ2v) is 4.84. The van der Waals surface area contributed by atoms with Crippen LogP contribution in [0.2, 0.25) is 0 Å². The van der Waals surface area contributed by atoms with Crippen LogP contribution in [0.4, 0.5) is 10.1 Å². The minimum absolute atomic E-state index is 0.0264. The number of halogens is 1. The Bertz CT molecular complexity index is 838. The number of rotatable bonds is 3. The summed E-state index contributed by atoms with van der Waals surface area (Å²) in [5.41, 5.74) is 0.192. The number of aliphatic carboxylic acids is 1. The molecule has 0 atom stereocenters. The Morgan fingerprint density at radius 2 is 1.61 bits per heavy atom. The van der Waals surface area contributed by atoms with Gasteiger partial charge in [-0.15, -0.1) is 0 Å². The van der Waals surface area contributed by atoms with E-state index >= 15 is 0 Å². The molecule has 114 valence electrons. The molecule has 0 radical (unpaired) electrons. The highest BCUT2D eigenvalue weighted by atomic mass is 19.1. The standard InChI is InChI=1S/C17H10FNO4/c18-15-10(8-9-14(20)21)4-3-7-13(15)19-16(22)11-5-1-2-6-12(11)17(19)23/h1-9H,(H,20,21)/b9-8+. The highest BCUT2D eigenvalue weighted by Crippen LogP contribution is 2.31. The lowest BCUT2D eigenvalue weighted by atomic mass is 10.1. The first-order valence-corrected chi connectivity index (χ1v) is 6.68. The van der Waals surface area contributed by atoms with E-state index in [-0.39, 0.29) is 22.4 Å². The van der Waals surface area contributed by atoms with Crippen molar-refractivity contribution in [1.29, 1.82) is 0 Å². The van der Waals surface area contributed by atoms with Gasteiger partial charge in [0, 0.05) is 11.6 Å². The zero-order chi connectivity index (χ0) is 16.6. The molecule has 2 amide bonds. The van der Waals surface area contributed by atoms with Crippen molar-refractivity contribution >= 4 is 29.5 Å². The van der Waals surface area contributed by atoms with Crippen LogP contribution in [0.15, 0.2) is 48.5 Å². The third-order valence-electron chi connectivity index (χ3n) is 3.45. The van der Waals surface area contributed by atoms with E-state index in [1.54, 1.807) is 12.1 Å². The van der Waals surface area contributed by atoms with Gasteiger partial charge >= 0.3 is 5.97 Å². The third kappa shape index (κ3) is 2.40. The van der Waals surface area contributed by atoms with Crippen LogP contribution in [0.3, 0.4) is 0 Å². The van der Waals surface area contributed by atoms with Crippen LogP contribution in [0, 0.1) is 5.82 Å². The molecule has 23 heavy (non-hydrogen) atoms. The van der Waals surface area contributed by atoms with Crippen LogP contribution in [0.25, 0.3) is 6.08 Å². The van der Waals surface area contributed by atoms with E-state index in [0.717, 1.165) is 17.1 Å². The quantitative estimate of drug-likeness (QED) is 0.698. The summed E-state index contributed by atoms with van der Waals surface area (Å²) in [5, 5.41) is 8.62. The first-order valence-electron chi connectivity index (χ1n) is 6.68. The lowest BCUT2D eigenvalue weighted by molar-refractivity contribution is -0.131. The summed E-state index contributed by atoms with van der Waals surface area (Å²) in [4.78, 5) is 36.0. The van der Waals surface area contributed by atoms with Crippen molar-refractivity contribution < 1.29 is 23.9 Å². The number of hydrogen-bond acceptors (Lipinski definition) is 3. The number of carboxylic acids is 1. The minimum atomic E-state index is -1.23. The van der Waals surface area contributed by atoms with Crippen LogP contribution in [0.1, 0.15) is 26.3 Å². The second kappa shape index (κ2) is 5.49. The topological polar surface area (TPSA) is 74.7 Å². The summed E-state index contributed by atoms with van der Waals surface area (Å²) in [6.07, 6.45) is 1.85. The first-order chi connectivity index (χ1) is 11.0. The van der Waals surface area contributed by atoms with E-state index in [4.69, 9.17) is 5.11 Å². The molecule has 3 rings (SSSR count). The van der Waals surface area contributed by atoms with Crippen LogP contribution in [-0.4, -0.2) is 22.9 Å². The van der Waals surface area contributed by atoms with E-state index < -0.39 is 23.6 Å². The minimum Gasteiger partial charge on any atom is -0.478 e. The zero-order valence-electron chi connectivity index (χ0n) is 11.7. The van der Waals surface area contributed by atoms with E-state index in [1.807, 2.05) is 0 Å². The summed E-state index contributed by atoms with van der Waals surface area (Å²) >= 11 is 0. The van der Waals surface area contributed by atoms with Gasteiger partial charge in [-0.3, -0.25) is 9.59 Å². The Hall–Kier alpha value is -3.28. The van der Waals surface area contributed by atoms with Gasteiger partial charge in [0.1, 0.15) is 0 Å². The lowest BCUT2D eigenvalue weighted by Gasteiger charge is -2.15. The SMILES string of the molecule is O=C(O)/C=C/c1cccc(N2C(=O)c3ccccc3C2=O)c1F. The number of carboxylic acid groups (broad SMARTS) is 1. The Labute approximate surface area is 130 Å². The summed E-state index contributed by atoms with van der Waals surface area (Å²) in [6.45, 7) is 0. The largest absolute Gasteiger partial charge is 0.478 e. The van der Waals surface area contributed by atoms with Crippen molar-refractivity contribution in [3.05, 3.63) is 71.0 Å². The Balaban J connectivity index is 2.07. The molecule has 5 nitrogen and oxygen atoms in total. The van der Waals surface area contributed by atoms with Crippen LogP contribution < -0.4 is 4.90 Å². The molecule has 0 saturated heterocycles. The van der Waals surface area contributed by atoms with E-state index in [2.05, 4.69) is 0 Å². The van der Waals surface area contributed by atoms with Gasteiger partial charge in [0.25, 0.3) is 11.8 Å². The number of imide groups is 1. The Kier molecular flexibility index (Phi) is 3.50. The number of carbonyl (C=O) groups excluding carboxylic acids is 2. The summed E-state index contributed by atoms with van der Waals surface area (Å²) in [5.74, 6) is -3.28. The predicted molar refractivity (Wildman–Crippen MR) is 80.7 cm³/mol. The fourth-order valence-electron chi connectivity index (χ4n) is 2.41. The van der Waals surface area contributed by atoms with Crippen LogP contribution in [-0.2, 0) is 4.79 Å². The van der Waals surface area contributed by atoms with Gasteiger partial charge in [0.15, 0.2) is 5.82 Å². The number of nitrogens with zero attached hydrogens (tertiary/aromatic N) is 1. The van der Waals surface area contributed by atoms with E-state index in [9.17, 15) is 18.8 Å². The zero-order valence-corrected chi connectivity index (χ0v) is 11.7. The van der Waals surface area contributed by atoms with Crippen molar-refractivity contribution in [2.45, 2.75) is 0 Å². The molecule has 0 aliphatic carbocycles. The van der Waals surface area contributed by atoms with Crippen molar-refractivity contribution in [2.24, 2.45) is 0 Å². The average Bonchev–Trinajstić information content (AvgIpc) is 2.79. The highest BCUT2D eigenvalue weighted by Gasteiger charge is 2.37. The second-order valence-electron chi connectivity index (χ2n) is 4.84. The molecule has 2 aromatic carbocycles. The van der Waals surface area contributed by atoms with Gasteiger partial charge in [-0.25, -0.2) is 14.1 Å². The summed E-state index contributed by atoms with van der Waals surface area (Å²) < 4.78 is 14.6. The molecule has 0 spiro atoms. The van der Waals surface area contributed by atoms with Gasteiger partial charge in [-0.05, 0) is 24.3 Å². The Morgan fingerprint density at radius 3 is 2.17 bits per heavy atom. The molecular weight excluding hydrogens is 301 g/mol. The Morgan fingerprint density at radius 1 is 1.00 bits per heavy atom. The van der Waals surface area contributed by atoms with Crippen LogP contribution in [0.5, 0.6) is 0 Å². The van der Waals surface area contributed by atoms with Gasteiger partial charge in [-0.1, -0.05) is 24.3 Å². The molecule has 0 aromatic heterocycles. The summed E-state index contributed by atoms with van der Waals surface area (Å²) in [6, 6.07) is 10.4. The molecule has 0 unspecified atom stereocenters. The van der Waals surface area contributed by atoms with Gasteiger partial charge in [0.05, 0.1) is 16.8 Å². The molecule has 1 aliphatic heterocycles. The maximum absolute atomic E-state index is 14.6. The normalized spacial score (nSPS) is 13.7. The first kappa shape index (κ1) is 14.6. The molecule has 6 heteroatoms. The monoisotopic (exact) mass is 311 g/mol. The number of amides is 2. The van der Waals surface area contributed by atoms with Crippen molar-refractivity contribution in [1.82, 2.24) is 0 Å².